The fourth-order valence-corrected chi connectivity index (χ4v) is 2.76. The average molecular weight is 638 g/mol. The van der Waals surface area contributed by atoms with Crippen molar-refractivity contribution < 1.29 is 10.2 Å². The number of anilines is 2. The van der Waals surface area contributed by atoms with Crippen LogP contribution in [0, 0.1) is 27.8 Å². The second-order valence-corrected chi connectivity index (χ2v) is 9.61. The van der Waals surface area contributed by atoms with Crippen molar-refractivity contribution in [2.24, 2.45) is 0 Å². The molecule has 2 rings (SSSR count). The van der Waals surface area contributed by atoms with Crippen LogP contribution in [0.3, 0.4) is 0 Å². The Morgan fingerprint density at radius 3 is 1.79 bits per heavy atom. The van der Waals surface area contributed by atoms with Crippen LogP contribution in [0.4, 0.5) is 11.6 Å². The third-order valence-corrected chi connectivity index (χ3v) is 4.31. The Morgan fingerprint density at radius 1 is 0.966 bits per heavy atom. The highest BCUT2D eigenvalue weighted by Crippen LogP contribution is 2.16. The minimum absolute atomic E-state index is 0.366. The summed E-state index contributed by atoms with van der Waals surface area (Å²) in [7, 11) is 0. The number of pyridine rings is 2. The Balaban J connectivity index is 0.000000448. The molecule has 2 aromatic heterocycles. The third-order valence-electron chi connectivity index (χ3n) is 2.58. The largest absolute Gasteiger partial charge is 0.383 e. The maximum Gasteiger partial charge on any atom is 0.139 e. The molecule has 0 spiro atoms. The lowest BCUT2D eigenvalue weighted by molar-refractivity contribution is 0.143. The Kier molecular flexibility index (Phi) is 11.8. The molecule has 0 radical (unpaired) electrons. The maximum absolute atomic E-state index is 9.39. The number of nitrogen functional groups attached to an aromatic ring is 2. The van der Waals surface area contributed by atoms with E-state index in [0.717, 1.165) is 12.5 Å². The monoisotopic (exact) mass is 636 g/mol. The molecule has 0 saturated carbocycles. The predicted octanol–water partition coefficient (Wildman–Crippen LogP) is 3.97. The van der Waals surface area contributed by atoms with Gasteiger partial charge in [0.2, 0.25) is 0 Å². The van der Waals surface area contributed by atoms with Crippen molar-refractivity contribution in [3.05, 3.63) is 42.6 Å². The second kappa shape index (κ2) is 12.4. The van der Waals surface area contributed by atoms with Crippen LogP contribution in [0.1, 0.15) is 33.3 Å². The van der Waals surface area contributed by atoms with Gasteiger partial charge in [-0.2, -0.15) is 0 Å². The highest BCUT2D eigenvalue weighted by molar-refractivity contribution is 14.1. The minimum Gasteiger partial charge on any atom is -0.383 e. The van der Waals surface area contributed by atoms with Crippen LogP contribution >= 0.6 is 54.5 Å². The van der Waals surface area contributed by atoms with Crippen molar-refractivity contribution in [1.29, 1.82) is 0 Å². The lowest BCUT2D eigenvalue weighted by Gasteiger charge is -2.06. The molecule has 2 heterocycles. The van der Waals surface area contributed by atoms with Gasteiger partial charge in [0.1, 0.15) is 22.8 Å². The molecule has 0 bridgehead atoms. The zero-order valence-corrected chi connectivity index (χ0v) is 21.8. The van der Waals surface area contributed by atoms with E-state index in [1.54, 1.807) is 46.2 Å². The van der Waals surface area contributed by atoms with Gasteiger partial charge in [-0.15, -0.1) is 6.42 Å². The summed E-state index contributed by atoms with van der Waals surface area (Å²) >= 11 is 8.67. The number of halogens is 3. The Bertz CT molecular complexity index is 921. The summed E-state index contributed by atoms with van der Waals surface area (Å²) < 4.78 is 2.75. The van der Waals surface area contributed by atoms with E-state index in [-0.39, 0.29) is 0 Å². The van der Waals surface area contributed by atoms with Crippen molar-refractivity contribution in [3.63, 3.8) is 0 Å². The van der Waals surface area contributed by atoms with Gasteiger partial charge in [-0.25, -0.2) is 9.97 Å². The van der Waals surface area contributed by atoms with Gasteiger partial charge < -0.3 is 21.7 Å². The van der Waals surface area contributed by atoms with E-state index in [1.807, 2.05) is 6.07 Å². The number of hydrogen-bond donors (Lipinski definition) is 4. The molecule has 156 valence electrons. The summed E-state index contributed by atoms with van der Waals surface area (Å²) in [4.78, 5) is 7.83. The van der Waals surface area contributed by atoms with Gasteiger partial charge in [-0.05, 0) is 94.3 Å². The highest BCUT2D eigenvalue weighted by atomic mass is 127. The summed E-state index contributed by atoms with van der Waals surface area (Å²) in [6.45, 7) is 6.35. The van der Waals surface area contributed by atoms with Gasteiger partial charge in [0, 0.05) is 21.3 Å². The van der Waals surface area contributed by atoms with Crippen LogP contribution in [0.15, 0.2) is 33.5 Å². The van der Waals surface area contributed by atoms with Crippen LogP contribution in [0.5, 0.6) is 0 Å². The van der Waals surface area contributed by atoms with Gasteiger partial charge in [0.15, 0.2) is 0 Å². The Hall–Kier alpha value is -1.37. The molecular formula is C20H23Br2IN4O2. The molecular weight excluding hydrogens is 615 g/mol. The molecule has 0 aliphatic carbocycles. The summed E-state index contributed by atoms with van der Waals surface area (Å²) in [6.07, 6.45) is 8.09. The fourth-order valence-electron chi connectivity index (χ4n) is 1.20. The van der Waals surface area contributed by atoms with Gasteiger partial charge in [0.25, 0.3) is 0 Å². The van der Waals surface area contributed by atoms with E-state index in [2.05, 4.69) is 82.2 Å². The SMILES string of the molecule is C#CC(C)(C)O.CC(C)(O)C#Cc1cc(Br)cnc1N.Nc1ncc(Br)cc1I. The first kappa shape index (κ1) is 27.6. The maximum atomic E-state index is 9.39. The Morgan fingerprint density at radius 2 is 1.41 bits per heavy atom. The van der Waals surface area contributed by atoms with Gasteiger partial charge in [0.05, 0.1) is 9.13 Å². The number of terminal acetylenes is 1. The van der Waals surface area contributed by atoms with Gasteiger partial charge >= 0.3 is 0 Å². The van der Waals surface area contributed by atoms with Crippen molar-refractivity contribution >= 4 is 66.1 Å². The van der Waals surface area contributed by atoms with E-state index in [1.165, 1.54) is 0 Å². The molecule has 2 aromatic rings. The van der Waals surface area contributed by atoms with Crippen LogP contribution in [0.2, 0.25) is 0 Å². The summed E-state index contributed by atoms with van der Waals surface area (Å²) in [5.74, 6) is 8.55. The molecule has 0 aliphatic heterocycles. The smallest absolute Gasteiger partial charge is 0.139 e. The number of aliphatic hydroxyl groups is 2. The summed E-state index contributed by atoms with van der Waals surface area (Å²) in [5, 5.41) is 18.0. The molecule has 0 aliphatic rings. The predicted molar refractivity (Wildman–Crippen MR) is 134 cm³/mol. The molecule has 6 N–H and O–H groups in total. The molecule has 6 nitrogen and oxygen atoms in total. The lowest BCUT2D eigenvalue weighted by Crippen LogP contribution is -2.14. The van der Waals surface area contributed by atoms with Crippen LogP contribution in [-0.4, -0.2) is 31.4 Å². The zero-order valence-electron chi connectivity index (χ0n) is 16.5. The normalized spacial score (nSPS) is 10.2. The quantitative estimate of drug-likeness (QED) is 0.257. The second-order valence-electron chi connectivity index (χ2n) is 6.62. The zero-order chi connectivity index (χ0) is 22.8. The van der Waals surface area contributed by atoms with E-state index in [0.29, 0.717) is 17.2 Å². The van der Waals surface area contributed by atoms with Crippen molar-refractivity contribution in [2.75, 3.05) is 11.5 Å². The summed E-state index contributed by atoms with van der Waals surface area (Å²) in [5.41, 5.74) is 9.71. The minimum atomic E-state index is -1.02. The van der Waals surface area contributed by atoms with Crippen LogP contribution < -0.4 is 11.5 Å². The number of rotatable bonds is 0. The number of aromatic nitrogens is 2. The van der Waals surface area contributed by atoms with E-state index >= 15 is 0 Å². The Labute approximate surface area is 202 Å². The molecule has 0 fully saturated rings. The first-order valence-electron chi connectivity index (χ1n) is 8.08. The van der Waals surface area contributed by atoms with Crippen molar-refractivity contribution in [3.8, 4) is 24.2 Å². The topological polar surface area (TPSA) is 118 Å². The van der Waals surface area contributed by atoms with Crippen LogP contribution in [0.25, 0.3) is 0 Å². The third kappa shape index (κ3) is 14.3. The average Bonchev–Trinajstić information content (AvgIpc) is 2.59. The molecule has 29 heavy (non-hydrogen) atoms. The molecule has 0 saturated heterocycles. The molecule has 0 unspecified atom stereocenters. The highest BCUT2D eigenvalue weighted by Gasteiger charge is 2.06. The number of nitrogens with zero attached hydrogens (tertiary/aromatic N) is 2. The fraction of sp³-hybridized carbons (Fsp3) is 0.300. The van der Waals surface area contributed by atoms with Crippen molar-refractivity contribution in [1.82, 2.24) is 9.97 Å². The van der Waals surface area contributed by atoms with Gasteiger partial charge in [-0.1, -0.05) is 17.8 Å². The number of hydrogen-bond acceptors (Lipinski definition) is 6. The van der Waals surface area contributed by atoms with Crippen LogP contribution in [-0.2, 0) is 0 Å². The summed E-state index contributed by atoms with van der Waals surface area (Å²) in [6, 6.07) is 3.68. The lowest BCUT2D eigenvalue weighted by atomic mass is 10.1. The molecule has 9 heteroatoms. The van der Waals surface area contributed by atoms with E-state index in [4.69, 9.17) is 23.0 Å². The van der Waals surface area contributed by atoms with E-state index in [9.17, 15) is 5.11 Å². The molecule has 0 atom stereocenters. The molecule has 0 aromatic carbocycles. The first-order valence-corrected chi connectivity index (χ1v) is 10.7. The standard InChI is InChI=1S/C10H11BrN2O.C5H4BrIN2.C5H8O/c1-10(2,14)4-3-7-5-8(11)6-13-9(7)12;6-3-1-4(7)5(8)9-2-3;1-4-5(2,3)6/h5-6,14H,1-2H3,(H2,12,13);1-2H,(H2,8,9);1,6H,2-3H3. The first-order chi connectivity index (χ1) is 13.1. The van der Waals surface area contributed by atoms with E-state index < -0.39 is 11.2 Å². The molecule has 0 amide bonds. The number of nitrogens with two attached hydrogens (primary N) is 2. The van der Waals surface area contributed by atoms with Crippen molar-refractivity contribution in [2.45, 2.75) is 38.9 Å². The van der Waals surface area contributed by atoms with Gasteiger partial charge in [-0.3, -0.25) is 0 Å².